The molecule has 0 saturated carbocycles. The zero-order valence-corrected chi connectivity index (χ0v) is 8.93. The maximum atomic E-state index is 11.2. The molecule has 4 heteroatoms. The van der Waals surface area contributed by atoms with Crippen molar-refractivity contribution in [3.05, 3.63) is 52.9 Å². The van der Waals surface area contributed by atoms with Gasteiger partial charge in [-0.3, -0.25) is 4.79 Å². The number of rotatable bonds is 3. The van der Waals surface area contributed by atoms with E-state index in [0.29, 0.717) is 12.0 Å². The minimum atomic E-state index is -0.424. The highest BCUT2D eigenvalue weighted by molar-refractivity contribution is 5.94. The van der Waals surface area contributed by atoms with Gasteiger partial charge < -0.3 is 10.3 Å². The Morgan fingerprint density at radius 1 is 1.44 bits per heavy atom. The van der Waals surface area contributed by atoms with Crippen molar-refractivity contribution < 1.29 is 9.32 Å². The molecule has 4 nitrogen and oxygen atoms in total. The summed E-state index contributed by atoms with van der Waals surface area (Å²) < 4.78 is 5.10. The molecule has 0 aliphatic carbocycles. The van der Waals surface area contributed by atoms with E-state index in [0.717, 1.165) is 17.0 Å². The molecule has 2 rings (SSSR count). The van der Waals surface area contributed by atoms with E-state index in [9.17, 15) is 4.79 Å². The molecular formula is C12H12N2O2. The van der Waals surface area contributed by atoms with E-state index < -0.39 is 5.91 Å². The number of amides is 1. The molecule has 0 radical (unpaired) electrons. The number of nitrogens with zero attached hydrogens (tertiary/aromatic N) is 1. The van der Waals surface area contributed by atoms with Crippen LogP contribution >= 0.6 is 0 Å². The van der Waals surface area contributed by atoms with Crippen LogP contribution < -0.4 is 5.73 Å². The SMILES string of the molecule is Cc1cc(Cc2ccccc2C(N)=O)on1. The van der Waals surface area contributed by atoms with E-state index in [2.05, 4.69) is 5.16 Å². The molecule has 1 aromatic heterocycles. The second kappa shape index (κ2) is 4.18. The van der Waals surface area contributed by atoms with Crippen LogP contribution in [0.2, 0.25) is 0 Å². The fraction of sp³-hybridized carbons (Fsp3) is 0.167. The van der Waals surface area contributed by atoms with Crippen molar-refractivity contribution in [2.75, 3.05) is 0 Å². The third-order valence-corrected chi connectivity index (χ3v) is 2.32. The van der Waals surface area contributed by atoms with Gasteiger partial charge in [0.05, 0.1) is 5.69 Å². The number of aromatic nitrogens is 1. The standard InChI is InChI=1S/C12H12N2O2/c1-8-6-10(16-14-8)7-9-4-2-3-5-11(9)12(13)15/h2-6H,7H2,1H3,(H2,13,15). The number of hydrogen-bond donors (Lipinski definition) is 1. The number of carbonyl (C=O) groups excluding carboxylic acids is 1. The molecule has 0 unspecified atom stereocenters. The maximum absolute atomic E-state index is 11.2. The summed E-state index contributed by atoms with van der Waals surface area (Å²) in [6, 6.07) is 9.07. The van der Waals surface area contributed by atoms with E-state index in [4.69, 9.17) is 10.3 Å². The van der Waals surface area contributed by atoms with Crippen molar-refractivity contribution in [2.45, 2.75) is 13.3 Å². The maximum Gasteiger partial charge on any atom is 0.248 e. The van der Waals surface area contributed by atoms with Crippen LogP contribution in [0.15, 0.2) is 34.9 Å². The minimum absolute atomic E-state index is 0.424. The molecule has 0 aliphatic heterocycles. The molecule has 0 spiro atoms. The molecule has 1 heterocycles. The molecule has 1 aromatic carbocycles. The van der Waals surface area contributed by atoms with Gasteiger partial charge >= 0.3 is 0 Å². The smallest absolute Gasteiger partial charge is 0.248 e. The molecule has 1 amide bonds. The fourth-order valence-corrected chi connectivity index (χ4v) is 1.60. The van der Waals surface area contributed by atoms with Crippen molar-refractivity contribution in [1.29, 1.82) is 0 Å². The topological polar surface area (TPSA) is 69.1 Å². The predicted molar refractivity (Wildman–Crippen MR) is 59.0 cm³/mol. The first-order valence-electron chi connectivity index (χ1n) is 4.96. The lowest BCUT2D eigenvalue weighted by molar-refractivity contribution is 0.0999. The van der Waals surface area contributed by atoms with Crippen LogP contribution in [0.5, 0.6) is 0 Å². The number of aryl methyl sites for hydroxylation is 1. The molecular weight excluding hydrogens is 204 g/mol. The first-order valence-corrected chi connectivity index (χ1v) is 4.96. The summed E-state index contributed by atoms with van der Waals surface area (Å²) in [6.45, 7) is 1.85. The molecule has 0 atom stereocenters. The normalized spacial score (nSPS) is 10.3. The van der Waals surface area contributed by atoms with Gasteiger partial charge in [0.15, 0.2) is 0 Å². The number of benzene rings is 1. The number of nitrogens with two attached hydrogens (primary N) is 1. The van der Waals surface area contributed by atoms with E-state index in [1.807, 2.05) is 25.1 Å². The Kier molecular flexibility index (Phi) is 2.72. The largest absolute Gasteiger partial charge is 0.366 e. The first-order chi connectivity index (χ1) is 7.66. The number of primary amides is 1. The fourth-order valence-electron chi connectivity index (χ4n) is 1.60. The highest BCUT2D eigenvalue weighted by Crippen LogP contribution is 2.14. The van der Waals surface area contributed by atoms with Crippen LogP contribution in [-0.4, -0.2) is 11.1 Å². The summed E-state index contributed by atoms with van der Waals surface area (Å²) in [4.78, 5) is 11.2. The lowest BCUT2D eigenvalue weighted by Gasteiger charge is -2.03. The van der Waals surface area contributed by atoms with Crippen molar-refractivity contribution in [1.82, 2.24) is 5.16 Å². The number of carbonyl (C=O) groups is 1. The Hall–Kier alpha value is -2.10. The Labute approximate surface area is 93.1 Å². The van der Waals surface area contributed by atoms with E-state index in [1.165, 1.54) is 0 Å². The Morgan fingerprint density at radius 2 is 2.19 bits per heavy atom. The quantitative estimate of drug-likeness (QED) is 0.848. The van der Waals surface area contributed by atoms with Gasteiger partial charge in [-0.05, 0) is 18.6 Å². The Morgan fingerprint density at radius 3 is 2.81 bits per heavy atom. The first kappa shape index (κ1) is 10.4. The van der Waals surface area contributed by atoms with Crippen molar-refractivity contribution >= 4 is 5.91 Å². The van der Waals surface area contributed by atoms with Crippen LogP contribution in [0.4, 0.5) is 0 Å². The van der Waals surface area contributed by atoms with Crippen LogP contribution in [0, 0.1) is 6.92 Å². The molecule has 0 fully saturated rings. The third kappa shape index (κ3) is 2.11. The van der Waals surface area contributed by atoms with Gasteiger partial charge in [0.1, 0.15) is 5.76 Å². The second-order valence-electron chi connectivity index (χ2n) is 3.63. The summed E-state index contributed by atoms with van der Waals surface area (Å²) in [5.74, 6) is 0.304. The predicted octanol–water partition coefficient (Wildman–Crippen LogP) is 1.67. The van der Waals surface area contributed by atoms with Gasteiger partial charge in [-0.1, -0.05) is 23.4 Å². The van der Waals surface area contributed by atoms with Crippen molar-refractivity contribution in [3.8, 4) is 0 Å². The van der Waals surface area contributed by atoms with Gasteiger partial charge in [-0.25, -0.2) is 0 Å². The lowest BCUT2D eigenvalue weighted by Crippen LogP contribution is -2.13. The van der Waals surface area contributed by atoms with Gasteiger partial charge in [0, 0.05) is 18.1 Å². The van der Waals surface area contributed by atoms with Crippen LogP contribution in [0.1, 0.15) is 27.4 Å². The monoisotopic (exact) mass is 216 g/mol. The van der Waals surface area contributed by atoms with Crippen LogP contribution in [0.3, 0.4) is 0 Å². The summed E-state index contributed by atoms with van der Waals surface area (Å²) in [5.41, 5.74) is 7.49. The van der Waals surface area contributed by atoms with Crippen molar-refractivity contribution in [3.63, 3.8) is 0 Å². The molecule has 2 aromatic rings. The van der Waals surface area contributed by atoms with E-state index in [1.54, 1.807) is 12.1 Å². The van der Waals surface area contributed by atoms with E-state index >= 15 is 0 Å². The zero-order chi connectivity index (χ0) is 11.5. The average Bonchev–Trinajstić information content (AvgIpc) is 2.64. The Bertz CT molecular complexity index is 517. The average molecular weight is 216 g/mol. The molecule has 0 saturated heterocycles. The van der Waals surface area contributed by atoms with Crippen molar-refractivity contribution in [2.24, 2.45) is 5.73 Å². The van der Waals surface area contributed by atoms with Gasteiger partial charge in [0.25, 0.3) is 0 Å². The summed E-state index contributed by atoms with van der Waals surface area (Å²) in [6.07, 6.45) is 0.528. The molecule has 16 heavy (non-hydrogen) atoms. The molecule has 2 N–H and O–H groups in total. The van der Waals surface area contributed by atoms with E-state index in [-0.39, 0.29) is 0 Å². The summed E-state index contributed by atoms with van der Waals surface area (Å²) in [5, 5.41) is 3.80. The number of hydrogen-bond acceptors (Lipinski definition) is 3. The minimum Gasteiger partial charge on any atom is -0.366 e. The summed E-state index contributed by atoms with van der Waals surface area (Å²) in [7, 11) is 0. The second-order valence-corrected chi connectivity index (χ2v) is 3.63. The highest BCUT2D eigenvalue weighted by atomic mass is 16.5. The highest BCUT2D eigenvalue weighted by Gasteiger charge is 2.09. The lowest BCUT2D eigenvalue weighted by atomic mass is 10.0. The third-order valence-electron chi connectivity index (χ3n) is 2.32. The van der Waals surface area contributed by atoms with Gasteiger partial charge in [-0.2, -0.15) is 0 Å². The molecule has 0 bridgehead atoms. The van der Waals surface area contributed by atoms with Gasteiger partial charge in [-0.15, -0.1) is 0 Å². The van der Waals surface area contributed by atoms with Crippen LogP contribution in [-0.2, 0) is 6.42 Å². The molecule has 82 valence electrons. The molecule has 0 aliphatic rings. The van der Waals surface area contributed by atoms with Gasteiger partial charge in [0.2, 0.25) is 5.91 Å². The Balaban J connectivity index is 2.31. The van der Waals surface area contributed by atoms with Crippen LogP contribution in [0.25, 0.3) is 0 Å². The summed E-state index contributed by atoms with van der Waals surface area (Å²) >= 11 is 0. The zero-order valence-electron chi connectivity index (χ0n) is 8.93.